The fourth-order valence-corrected chi connectivity index (χ4v) is 2.64. The van der Waals surface area contributed by atoms with Gasteiger partial charge in [0.1, 0.15) is 17.4 Å². The second kappa shape index (κ2) is 6.89. The van der Waals surface area contributed by atoms with E-state index in [1.54, 1.807) is 13.0 Å². The highest BCUT2D eigenvalue weighted by molar-refractivity contribution is 7.91. The summed E-state index contributed by atoms with van der Waals surface area (Å²) in [6, 6.07) is 6.38. The van der Waals surface area contributed by atoms with Crippen LogP contribution in [0.3, 0.4) is 0 Å². The highest BCUT2D eigenvalue weighted by atomic mass is 32.2. The van der Waals surface area contributed by atoms with E-state index in [0.29, 0.717) is 11.4 Å². The third-order valence-corrected chi connectivity index (χ3v) is 4.72. The molecule has 23 heavy (non-hydrogen) atoms. The predicted molar refractivity (Wildman–Crippen MR) is 82.1 cm³/mol. The highest BCUT2D eigenvalue weighted by Gasteiger charge is 2.14. The molecule has 0 bridgehead atoms. The topological polar surface area (TPSA) is 134 Å². The Labute approximate surface area is 132 Å². The second-order valence-electron chi connectivity index (χ2n) is 4.32. The van der Waals surface area contributed by atoms with Gasteiger partial charge in [0.2, 0.25) is 5.82 Å². The van der Waals surface area contributed by atoms with Gasteiger partial charge in [-0.2, -0.15) is 10.5 Å². The minimum Gasteiger partial charge on any atom is -0.495 e. The number of nitriles is 1. The molecule has 2 rings (SSSR count). The molecule has 2 aromatic rings. The first kappa shape index (κ1) is 16.4. The van der Waals surface area contributed by atoms with Crippen LogP contribution in [0.2, 0.25) is 0 Å². The van der Waals surface area contributed by atoms with Crippen LogP contribution in [0.15, 0.2) is 29.3 Å². The van der Waals surface area contributed by atoms with E-state index in [2.05, 4.69) is 25.9 Å². The number of hydrogen-bond acceptors (Lipinski definition) is 8. The van der Waals surface area contributed by atoms with Gasteiger partial charge >= 0.3 is 0 Å². The number of hydrogen-bond donors (Lipinski definition) is 2. The van der Waals surface area contributed by atoms with Gasteiger partial charge in [-0.1, -0.05) is 6.92 Å². The first-order valence-corrected chi connectivity index (χ1v) is 8.18. The van der Waals surface area contributed by atoms with Crippen LogP contribution >= 0.6 is 0 Å². The summed E-state index contributed by atoms with van der Waals surface area (Å²) in [6.45, 7) is 1.57. The van der Waals surface area contributed by atoms with Crippen molar-refractivity contribution in [2.24, 2.45) is 0 Å². The smallest absolute Gasteiger partial charge is 0.216 e. The summed E-state index contributed by atoms with van der Waals surface area (Å²) in [5, 5.41) is 25.0. The fourth-order valence-electron chi connectivity index (χ4n) is 1.73. The van der Waals surface area contributed by atoms with Crippen molar-refractivity contribution in [3.63, 3.8) is 0 Å². The van der Waals surface area contributed by atoms with E-state index in [9.17, 15) is 8.42 Å². The number of rotatable bonds is 6. The molecule has 0 spiro atoms. The second-order valence-corrected chi connectivity index (χ2v) is 6.59. The van der Waals surface area contributed by atoms with Crippen LogP contribution in [0.1, 0.15) is 12.7 Å². The van der Waals surface area contributed by atoms with Gasteiger partial charge in [0, 0.05) is 6.20 Å². The Hall–Kier alpha value is -2.93. The lowest BCUT2D eigenvalue weighted by molar-refractivity contribution is 0.416. The number of nitrogens with one attached hydrogen (secondary N) is 2. The molecule has 0 radical (unpaired) electrons. The first-order valence-electron chi connectivity index (χ1n) is 6.53. The molecule has 2 N–H and O–H groups in total. The third kappa shape index (κ3) is 3.64. The number of H-pyrrole nitrogens is 1. The van der Waals surface area contributed by atoms with Crippen molar-refractivity contribution < 1.29 is 13.2 Å². The Bertz CT molecular complexity index is 852. The van der Waals surface area contributed by atoms with Crippen molar-refractivity contribution >= 4 is 21.1 Å². The van der Waals surface area contributed by atoms with Crippen LogP contribution < -0.4 is 10.1 Å². The van der Waals surface area contributed by atoms with Crippen LogP contribution in [0.4, 0.5) is 5.69 Å². The minimum absolute atomic E-state index is 0.0130. The van der Waals surface area contributed by atoms with Crippen LogP contribution in [0.5, 0.6) is 5.75 Å². The van der Waals surface area contributed by atoms with Gasteiger partial charge in [0.05, 0.1) is 23.4 Å². The molecule has 0 fully saturated rings. The molecule has 10 heteroatoms. The zero-order valence-electron chi connectivity index (χ0n) is 12.4. The van der Waals surface area contributed by atoms with Gasteiger partial charge in [0.15, 0.2) is 9.84 Å². The van der Waals surface area contributed by atoms with Crippen molar-refractivity contribution in [1.82, 2.24) is 20.6 Å². The molecular weight excluding hydrogens is 320 g/mol. The van der Waals surface area contributed by atoms with Crippen molar-refractivity contribution in [2.75, 3.05) is 18.2 Å². The van der Waals surface area contributed by atoms with E-state index in [1.165, 1.54) is 25.4 Å². The van der Waals surface area contributed by atoms with Crippen molar-refractivity contribution in [2.45, 2.75) is 11.8 Å². The van der Waals surface area contributed by atoms with E-state index < -0.39 is 9.84 Å². The summed E-state index contributed by atoms with van der Waals surface area (Å²) in [7, 11) is -1.89. The number of anilines is 1. The number of ether oxygens (including phenoxy) is 1. The van der Waals surface area contributed by atoms with E-state index in [-0.39, 0.29) is 22.0 Å². The molecule has 0 saturated carbocycles. The van der Waals surface area contributed by atoms with Gasteiger partial charge in [0.25, 0.3) is 0 Å². The summed E-state index contributed by atoms with van der Waals surface area (Å²) < 4.78 is 29.1. The molecule has 0 amide bonds. The third-order valence-electron chi connectivity index (χ3n) is 2.99. The van der Waals surface area contributed by atoms with E-state index >= 15 is 0 Å². The lowest BCUT2D eigenvalue weighted by Gasteiger charge is -2.10. The minimum atomic E-state index is -3.35. The van der Waals surface area contributed by atoms with E-state index in [4.69, 9.17) is 10.00 Å². The zero-order chi connectivity index (χ0) is 16.9. The van der Waals surface area contributed by atoms with Crippen molar-refractivity contribution in [1.29, 1.82) is 5.26 Å². The highest BCUT2D eigenvalue weighted by Crippen LogP contribution is 2.28. The number of sulfone groups is 1. The molecule has 120 valence electrons. The van der Waals surface area contributed by atoms with Gasteiger partial charge in [-0.3, -0.25) is 0 Å². The molecule has 9 nitrogen and oxygen atoms in total. The van der Waals surface area contributed by atoms with Crippen LogP contribution in [-0.2, 0) is 9.84 Å². The van der Waals surface area contributed by atoms with E-state index in [1.807, 2.05) is 6.07 Å². The molecule has 0 aliphatic carbocycles. The number of aromatic amines is 1. The largest absolute Gasteiger partial charge is 0.495 e. The standard InChI is InChI=1S/C13H14N6O3S/c1-3-23(20,21)10-4-5-12(22-2)11(6-10)15-8-9(7-14)13-16-18-19-17-13/h4-6,8,15H,3H2,1-2H3,(H,16,17,18,19). The SMILES string of the molecule is CCS(=O)(=O)c1ccc(OC)c(NC=C(C#N)c2nn[nH]n2)c1. The summed E-state index contributed by atoms with van der Waals surface area (Å²) in [5.74, 6) is 0.541. The molecule has 1 aromatic heterocycles. The number of benzene rings is 1. The fraction of sp³-hybridized carbons (Fsp3) is 0.231. The Morgan fingerprint density at radius 2 is 2.30 bits per heavy atom. The molecule has 0 atom stereocenters. The average Bonchev–Trinajstić information content (AvgIpc) is 3.09. The normalized spacial score (nSPS) is 11.8. The van der Waals surface area contributed by atoms with Crippen molar-refractivity contribution in [3.8, 4) is 11.8 Å². The maximum absolute atomic E-state index is 12.0. The Balaban J connectivity index is 2.38. The molecular formula is C13H14N6O3S. The van der Waals surface area contributed by atoms with Gasteiger partial charge in [-0.05, 0) is 23.4 Å². The van der Waals surface area contributed by atoms with Crippen LogP contribution in [-0.4, -0.2) is 41.9 Å². The zero-order valence-corrected chi connectivity index (χ0v) is 13.3. The summed E-state index contributed by atoms with van der Waals surface area (Å²) >= 11 is 0. The van der Waals surface area contributed by atoms with Crippen LogP contribution in [0, 0.1) is 11.3 Å². The van der Waals surface area contributed by atoms with Gasteiger partial charge < -0.3 is 10.1 Å². The molecule has 0 aliphatic rings. The molecule has 1 heterocycles. The average molecular weight is 334 g/mol. The summed E-state index contributed by atoms with van der Waals surface area (Å²) in [6.07, 6.45) is 1.35. The van der Waals surface area contributed by atoms with E-state index in [0.717, 1.165) is 0 Å². The number of nitrogens with zero attached hydrogens (tertiary/aromatic N) is 4. The molecule has 0 aliphatic heterocycles. The van der Waals surface area contributed by atoms with Crippen molar-refractivity contribution in [3.05, 3.63) is 30.2 Å². The summed E-state index contributed by atoms with van der Waals surface area (Å²) in [5.41, 5.74) is 0.530. The molecule has 0 saturated heterocycles. The lowest BCUT2D eigenvalue weighted by Crippen LogP contribution is -2.05. The Morgan fingerprint density at radius 1 is 1.52 bits per heavy atom. The quantitative estimate of drug-likeness (QED) is 0.747. The van der Waals surface area contributed by atoms with Gasteiger partial charge in [-0.15, -0.1) is 10.2 Å². The number of allylic oxidation sites excluding steroid dienone is 1. The molecule has 1 aromatic carbocycles. The Kier molecular flexibility index (Phi) is 4.92. The number of methoxy groups -OCH3 is 1. The first-order chi connectivity index (χ1) is 11.0. The lowest BCUT2D eigenvalue weighted by atomic mass is 10.2. The van der Waals surface area contributed by atoms with Crippen LogP contribution in [0.25, 0.3) is 5.57 Å². The predicted octanol–water partition coefficient (Wildman–Crippen LogP) is 0.978. The maximum Gasteiger partial charge on any atom is 0.216 e. The Morgan fingerprint density at radius 3 is 2.87 bits per heavy atom. The number of tetrazole rings is 1. The summed E-state index contributed by atoms with van der Waals surface area (Å²) in [4.78, 5) is 0.162. The van der Waals surface area contributed by atoms with Gasteiger partial charge in [-0.25, -0.2) is 8.42 Å². The molecule has 0 unspecified atom stereocenters. The maximum atomic E-state index is 12.0. The number of aromatic nitrogens is 4. The monoisotopic (exact) mass is 334 g/mol.